The summed E-state index contributed by atoms with van der Waals surface area (Å²) in [7, 11) is 0. The van der Waals surface area contributed by atoms with E-state index in [0.29, 0.717) is 5.56 Å². The van der Waals surface area contributed by atoms with Gasteiger partial charge in [0.05, 0.1) is 0 Å². The van der Waals surface area contributed by atoms with Gasteiger partial charge in [-0.15, -0.1) is 0 Å². The van der Waals surface area contributed by atoms with Gasteiger partial charge in [-0.3, -0.25) is 9.69 Å². The van der Waals surface area contributed by atoms with Crippen molar-refractivity contribution in [1.29, 1.82) is 0 Å². The van der Waals surface area contributed by atoms with Gasteiger partial charge in [-0.25, -0.2) is 0 Å². The van der Waals surface area contributed by atoms with Crippen molar-refractivity contribution < 1.29 is 4.79 Å². The number of nitrogens with zero attached hydrogens (tertiary/aromatic N) is 2. The molecule has 0 radical (unpaired) electrons. The minimum absolute atomic E-state index is 0.0810. The van der Waals surface area contributed by atoms with Crippen molar-refractivity contribution in [2.75, 3.05) is 36.4 Å². The summed E-state index contributed by atoms with van der Waals surface area (Å²) in [6, 6.07) is 35.0. The Morgan fingerprint density at radius 3 is 2.09 bits per heavy atom. The van der Waals surface area contributed by atoms with Crippen LogP contribution >= 0.6 is 0 Å². The number of nitrogens with one attached hydrogen (secondary N) is 1. The van der Waals surface area contributed by atoms with Crippen molar-refractivity contribution in [3.63, 3.8) is 0 Å². The van der Waals surface area contributed by atoms with Crippen molar-refractivity contribution in [2.45, 2.75) is 13.5 Å². The predicted molar refractivity (Wildman–Crippen MR) is 145 cm³/mol. The first kappa shape index (κ1) is 22.9. The highest BCUT2D eigenvalue weighted by atomic mass is 16.1. The molecule has 0 saturated carbocycles. The lowest BCUT2D eigenvalue weighted by molar-refractivity contribution is 0.102. The zero-order chi connectivity index (χ0) is 24.0. The average molecular weight is 462 g/mol. The van der Waals surface area contributed by atoms with Gasteiger partial charge < -0.3 is 10.2 Å². The Bertz CT molecular complexity index is 1260. The lowest BCUT2D eigenvalue weighted by Crippen LogP contribution is -2.45. The lowest BCUT2D eigenvalue weighted by atomic mass is 9.96. The van der Waals surface area contributed by atoms with Gasteiger partial charge in [0.25, 0.3) is 5.91 Å². The van der Waals surface area contributed by atoms with Crippen molar-refractivity contribution in [3.8, 4) is 11.1 Å². The van der Waals surface area contributed by atoms with E-state index < -0.39 is 0 Å². The van der Waals surface area contributed by atoms with Crippen molar-refractivity contribution in [3.05, 3.63) is 120 Å². The molecule has 1 N–H and O–H groups in total. The van der Waals surface area contributed by atoms with Gasteiger partial charge in [-0.05, 0) is 59.5 Å². The van der Waals surface area contributed by atoms with Crippen LogP contribution in [0.3, 0.4) is 0 Å². The maximum Gasteiger partial charge on any atom is 0.255 e. The fraction of sp³-hybridized carbons (Fsp3) is 0.194. The molecule has 1 saturated heterocycles. The van der Waals surface area contributed by atoms with Crippen LogP contribution in [0.1, 0.15) is 21.5 Å². The molecular formula is C31H31N3O. The van der Waals surface area contributed by atoms with Crippen LogP contribution in [0.5, 0.6) is 0 Å². The van der Waals surface area contributed by atoms with Crippen molar-refractivity contribution >= 4 is 17.3 Å². The van der Waals surface area contributed by atoms with Gasteiger partial charge >= 0.3 is 0 Å². The molecule has 0 atom stereocenters. The summed E-state index contributed by atoms with van der Waals surface area (Å²) in [6.07, 6.45) is 0. The standard InChI is InChI=1S/C31H31N3O/c1-24-29(26-11-6-3-7-12-26)13-8-14-30(24)31(35)32-27-15-17-28(18-16-27)34-21-19-33(20-22-34)23-25-9-4-2-5-10-25/h2-18H,19-23H2,1H3,(H,32,35). The predicted octanol–water partition coefficient (Wildman–Crippen LogP) is 6.24. The van der Waals surface area contributed by atoms with Crippen LogP contribution < -0.4 is 10.2 Å². The van der Waals surface area contributed by atoms with E-state index in [0.717, 1.165) is 55.1 Å². The molecule has 4 aromatic rings. The number of carbonyl (C=O) groups excluding carboxylic acids is 1. The molecule has 35 heavy (non-hydrogen) atoms. The highest BCUT2D eigenvalue weighted by Crippen LogP contribution is 2.26. The number of anilines is 2. The molecule has 1 aliphatic heterocycles. The van der Waals surface area contributed by atoms with Crippen LogP contribution in [0.15, 0.2) is 103 Å². The molecule has 0 aliphatic carbocycles. The summed E-state index contributed by atoms with van der Waals surface area (Å²) in [4.78, 5) is 18.0. The van der Waals surface area contributed by atoms with E-state index >= 15 is 0 Å². The van der Waals surface area contributed by atoms with Crippen LogP contribution in [0.2, 0.25) is 0 Å². The first-order valence-corrected chi connectivity index (χ1v) is 12.2. The minimum Gasteiger partial charge on any atom is -0.369 e. The third kappa shape index (κ3) is 5.44. The van der Waals surface area contributed by atoms with Crippen LogP contribution in [0.25, 0.3) is 11.1 Å². The van der Waals surface area contributed by atoms with Crippen LogP contribution in [0.4, 0.5) is 11.4 Å². The Morgan fingerprint density at radius 2 is 1.40 bits per heavy atom. The van der Waals surface area contributed by atoms with Gasteiger partial charge in [0.15, 0.2) is 0 Å². The highest BCUT2D eigenvalue weighted by Gasteiger charge is 2.18. The molecule has 5 rings (SSSR count). The lowest BCUT2D eigenvalue weighted by Gasteiger charge is -2.36. The Morgan fingerprint density at radius 1 is 0.743 bits per heavy atom. The van der Waals surface area contributed by atoms with Gasteiger partial charge in [-0.1, -0.05) is 72.8 Å². The van der Waals surface area contributed by atoms with E-state index in [1.807, 2.05) is 49.4 Å². The van der Waals surface area contributed by atoms with Gasteiger partial charge in [0.2, 0.25) is 0 Å². The normalized spacial score (nSPS) is 14.0. The Kier molecular flexibility index (Phi) is 6.92. The smallest absolute Gasteiger partial charge is 0.255 e. The maximum absolute atomic E-state index is 13.1. The van der Waals surface area contributed by atoms with Gasteiger partial charge in [-0.2, -0.15) is 0 Å². The van der Waals surface area contributed by atoms with E-state index in [4.69, 9.17) is 0 Å². The van der Waals surface area contributed by atoms with E-state index in [9.17, 15) is 4.79 Å². The van der Waals surface area contributed by atoms with E-state index in [-0.39, 0.29) is 5.91 Å². The topological polar surface area (TPSA) is 35.6 Å². The van der Waals surface area contributed by atoms with Crippen LogP contribution in [-0.4, -0.2) is 37.0 Å². The molecule has 4 aromatic carbocycles. The Balaban J connectivity index is 1.20. The molecule has 4 nitrogen and oxygen atoms in total. The molecule has 1 amide bonds. The maximum atomic E-state index is 13.1. The summed E-state index contributed by atoms with van der Waals surface area (Å²) < 4.78 is 0. The summed E-state index contributed by atoms with van der Waals surface area (Å²) in [5.74, 6) is -0.0810. The molecule has 1 fully saturated rings. The molecule has 0 aromatic heterocycles. The number of hydrogen-bond donors (Lipinski definition) is 1. The number of hydrogen-bond acceptors (Lipinski definition) is 3. The van der Waals surface area contributed by atoms with Gasteiger partial charge in [0.1, 0.15) is 0 Å². The van der Waals surface area contributed by atoms with Crippen molar-refractivity contribution in [2.24, 2.45) is 0 Å². The molecule has 4 heteroatoms. The third-order valence-corrected chi connectivity index (χ3v) is 6.77. The summed E-state index contributed by atoms with van der Waals surface area (Å²) in [6.45, 7) is 7.12. The zero-order valence-corrected chi connectivity index (χ0v) is 20.2. The summed E-state index contributed by atoms with van der Waals surface area (Å²) in [5, 5.41) is 3.08. The van der Waals surface area contributed by atoms with Crippen LogP contribution in [0, 0.1) is 6.92 Å². The number of rotatable bonds is 6. The number of benzene rings is 4. The van der Waals surface area contributed by atoms with E-state index in [2.05, 4.69) is 75.8 Å². The van der Waals surface area contributed by atoms with E-state index in [1.165, 1.54) is 11.3 Å². The Labute approximate surface area is 207 Å². The molecule has 0 unspecified atom stereocenters. The number of piperazine rings is 1. The second kappa shape index (κ2) is 10.6. The second-order valence-electron chi connectivity index (χ2n) is 9.09. The quantitative estimate of drug-likeness (QED) is 0.369. The summed E-state index contributed by atoms with van der Waals surface area (Å²) >= 11 is 0. The molecule has 1 aliphatic rings. The Hall–Kier alpha value is -3.89. The first-order valence-electron chi connectivity index (χ1n) is 12.2. The van der Waals surface area contributed by atoms with Crippen LogP contribution in [-0.2, 0) is 6.54 Å². The van der Waals surface area contributed by atoms with E-state index in [1.54, 1.807) is 0 Å². The molecule has 1 heterocycles. The minimum atomic E-state index is -0.0810. The fourth-order valence-electron chi connectivity index (χ4n) is 4.77. The molecule has 0 spiro atoms. The first-order chi connectivity index (χ1) is 17.2. The molecular weight excluding hydrogens is 430 g/mol. The second-order valence-corrected chi connectivity index (χ2v) is 9.09. The largest absolute Gasteiger partial charge is 0.369 e. The summed E-state index contributed by atoms with van der Waals surface area (Å²) in [5.41, 5.74) is 7.26. The van der Waals surface area contributed by atoms with Gasteiger partial charge in [0, 0.05) is 49.7 Å². The fourth-order valence-corrected chi connectivity index (χ4v) is 4.77. The number of amides is 1. The highest BCUT2D eigenvalue weighted by molar-refractivity contribution is 6.06. The molecule has 176 valence electrons. The molecule has 0 bridgehead atoms. The monoisotopic (exact) mass is 461 g/mol. The SMILES string of the molecule is Cc1c(C(=O)Nc2ccc(N3CCN(Cc4ccccc4)CC3)cc2)cccc1-c1ccccc1. The number of carbonyl (C=O) groups is 1. The van der Waals surface area contributed by atoms with Crippen molar-refractivity contribution in [1.82, 2.24) is 4.90 Å². The zero-order valence-electron chi connectivity index (χ0n) is 20.2. The third-order valence-electron chi connectivity index (χ3n) is 6.77. The average Bonchev–Trinajstić information content (AvgIpc) is 2.91.